The standard InChI is InChI=1S/C16H15NOS/c1-11-6-5-7-13(12(11)2)10-17-14-8-3-4-9-15(14)19-16(17)18/h3-9H,10H2,1-2H3. The van der Waals surface area contributed by atoms with Gasteiger partial charge in [0.25, 0.3) is 0 Å². The van der Waals surface area contributed by atoms with E-state index in [1.807, 2.05) is 28.8 Å². The zero-order chi connectivity index (χ0) is 13.4. The lowest BCUT2D eigenvalue weighted by Crippen LogP contribution is -2.14. The number of fused-ring (bicyclic) bond motifs is 1. The molecule has 3 aromatic rings. The topological polar surface area (TPSA) is 22.0 Å². The third-order valence-electron chi connectivity index (χ3n) is 3.62. The third-order valence-corrected chi connectivity index (χ3v) is 4.58. The van der Waals surface area contributed by atoms with Gasteiger partial charge in [0.05, 0.1) is 16.8 Å². The molecule has 96 valence electrons. The average molecular weight is 269 g/mol. The summed E-state index contributed by atoms with van der Waals surface area (Å²) in [5.74, 6) is 0. The van der Waals surface area contributed by atoms with Gasteiger partial charge in [-0.3, -0.25) is 9.36 Å². The molecule has 0 saturated carbocycles. The molecule has 2 aromatic carbocycles. The second-order valence-electron chi connectivity index (χ2n) is 4.78. The zero-order valence-corrected chi connectivity index (χ0v) is 11.8. The van der Waals surface area contributed by atoms with Crippen LogP contribution in [0.25, 0.3) is 10.2 Å². The highest BCUT2D eigenvalue weighted by atomic mass is 32.1. The predicted molar refractivity (Wildman–Crippen MR) is 81.1 cm³/mol. The fourth-order valence-corrected chi connectivity index (χ4v) is 3.21. The molecule has 0 N–H and O–H groups in total. The van der Waals surface area contributed by atoms with E-state index in [2.05, 4.69) is 32.0 Å². The summed E-state index contributed by atoms with van der Waals surface area (Å²) in [6.45, 7) is 4.87. The molecule has 2 nitrogen and oxygen atoms in total. The number of aromatic nitrogens is 1. The first-order chi connectivity index (χ1) is 9.16. The molecule has 0 aliphatic heterocycles. The van der Waals surface area contributed by atoms with Gasteiger partial charge >= 0.3 is 4.87 Å². The third kappa shape index (κ3) is 2.10. The molecule has 0 atom stereocenters. The minimum absolute atomic E-state index is 0.113. The Morgan fingerprint density at radius 2 is 1.84 bits per heavy atom. The van der Waals surface area contributed by atoms with Gasteiger partial charge in [0.15, 0.2) is 0 Å². The van der Waals surface area contributed by atoms with Gasteiger partial charge in [0.1, 0.15) is 0 Å². The summed E-state index contributed by atoms with van der Waals surface area (Å²) in [4.78, 5) is 12.2. The maximum absolute atomic E-state index is 12.1. The Hall–Kier alpha value is -1.87. The Labute approximate surface area is 115 Å². The van der Waals surface area contributed by atoms with Crippen LogP contribution in [0.1, 0.15) is 16.7 Å². The van der Waals surface area contributed by atoms with Gasteiger partial charge in [-0.15, -0.1) is 0 Å². The molecule has 0 saturated heterocycles. The van der Waals surface area contributed by atoms with E-state index in [4.69, 9.17) is 0 Å². The molecular weight excluding hydrogens is 254 g/mol. The lowest BCUT2D eigenvalue weighted by atomic mass is 10.0. The van der Waals surface area contributed by atoms with Crippen LogP contribution in [0.5, 0.6) is 0 Å². The number of benzene rings is 2. The summed E-state index contributed by atoms with van der Waals surface area (Å²) in [6.07, 6.45) is 0. The minimum Gasteiger partial charge on any atom is -0.294 e. The maximum Gasteiger partial charge on any atom is 0.308 e. The number of nitrogens with zero attached hydrogens (tertiary/aromatic N) is 1. The maximum atomic E-state index is 12.1. The highest BCUT2D eigenvalue weighted by molar-refractivity contribution is 7.16. The molecule has 0 unspecified atom stereocenters. The van der Waals surface area contributed by atoms with Gasteiger partial charge in [0, 0.05) is 0 Å². The molecule has 0 radical (unpaired) electrons. The molecule has 1 aromatic heterocycles. The summed E-state index contributed by atoms with van der Waals surface area (Å²) in [7, 11) is 0. The molecule has 0 spiro atoms. The number of aryl methyl sites for hydroxylation is 1. The predicted octanol–water partition coefficient (Wildman–Crippen LogP) is 3.73. The SMILES string of the molecule is Cc1cccc(Cn2c(=O)sc3ccccc32)c1C. The first-order valence-electron chi connectivity index (χ1n) is 6.30. The van der Waals surface area contributed by atoms with Gasteiger partial charge in [-0.25, -0.2) is 0 Å². The van der Waals surface area contributed by atoms with Crippen LogP contribution in [-0.4, -0.2) is 4.57 Å². The molecule has 0 bridgehead atoms. The van der Waals surface area contributed by atoms with Crippen LogP contribution in [0.4, 0.5) is 0 Å². The Morgan fingerprint density at radius 1 is 1.05 bits per heavy atom. The van der Waals surface area contributed by atoms with E-state index in [9.17, 15) is 4.79 Å². The molecule has 0 fully saturated rings. The number of para-hydroxylation sites is 1. The van der Waals surface area contributed by atoms with Crippen LogP contribution in [0.3, 0.4) is 0 Å². The first kappa shape index (κ1) is 12.2. The van der Waals surface area contributed by atoms with Gasteiger partial charge in [-0.2, -0.15) is 0 Å². The molecule has 0 aliphatic carbocycles. The lowest BCUT2D eigenvalue weighted by molar-refractivity contribution is 0.808. The van der Waals surface area contributed by atoms with Crippen molar-refractivity contribution in [1.29, 1.82) is 0 Å². The van der Waals surface area contributed by atoms with E-state index in [0.29, 0.717) is 6.54 Å². The molecule has 1 heterocycles. The number of hydrogen-bond acceptors (Lipinski definition) is 2. The van der Waals surface area contributed by atoms with Crippen LogP contribution >= 0.6 is 11.3 Å². The Kier molecular flexibility index (Phi) is 2.99. The zero-order valence-electron chi connectivity index (χ0n) is 11.0. The Balaban J connectivity index is 2.13. The van der Waals surface area contributed by atoms with Crippen LogP contribution in [-0.2, 0) is 6.54 Å². The van der Waals surface area contributed by atoms with Gasteiger partial charge in [-0.05, 0) is 42.7 Å². The molecule has 0 amide bonds. The number of thiazole rings is 1. The van der Waals surface area contributed by atoms with E-state index in [1.54, 1.807) is 0 Å². The van der Waals surface area contributed by atoms with E-state index in [-0.39, 0.29) is 4.87 Å². The summed E-state index contributed by atoms with van der Waals surface area (Å²) in [5, 5.41) is 0. The van der Waals surface area contributed by atoms with Crippen LogP contribution in [0.2, 0.25) is 0 Å². The van der Waals surface area contributed by atoms with Crippen LogP contribution < -0.4 is 4.87 Å². The van der Waals surface area contributed by atoms with Gasteiger partial charge in [-0.1, -0.05) is 41.7 Å². The minimum atomic E-state index is 0.113. The monoisotopic (exact) mass is 269 g/mol. The number of rotatable bonds is 2. The fourth-order valence-electron chi connectivity index (χ4n) is 2.32. The van der Waals surface area contributed by atoms with E-state index in [1.165, 1.54) is 28.0 Å². The van der Waals surface area contributed by atoms with Gasteiger partial charge in [0.2, 0.25) is 0 Å². The largest absolute Gasteiger partial charge is 0.308 e. The van der Waals surface area contributed by atoms with Crippen LogP contribution in [0, 0.1) is 13.8 Å². The molecule has 3 heteroatoms. The fraction of sp³-hybridized carbons (Fsp3) is 0.188. The van der Waals surface area contributed by atoms with Crippen molar-refractivity contribution < 1.29 is 0 Å². The quantitative estimate of drug-likeness (QED) is 0.695. The van der Waals surface area contributed by atoms with Crippen molar-refractivity contribution >= 4 is 21.6 Å². The van der Waals surface area contributed by atoms with Crippen molar-refractivity contribution in [3.8, 4) is 0 Å². The van der Waals surface area contributed by atoms with Crippen molar-refractivity contribution in [2.24, 2.45) is 0 Å². The normalized spacial score (nSPS) is 11.1. The van der Waals surface area contributed by atoms with E-state index >= 15 is 0 Å². The lowest BCUT2D eigenvalue weighted by Gasteiger charge is -2.09. The highest BCUT2D eigenvalue weighted by Crippen LogP contribution is 2.19. The van der Waals surface area contributed by atoms with E-state index in [0.717, 1.165) is 10.2 Å². The van der Waals surface area contributed by atoms with Crippen molar-refractivity contribution in [2.45, 2.75) is 20.4 Å². The Bertz CT molecular complexity index is 798. The summed E-state index contributed by atoms with van der Waals surface area (Å²) >= 11 is 1.32. The number of hydrogen-bond donors (Lipinski definition) is 0. The molecule has 0 aliphatic rings. The second-order valence-corrected chi connectivity index (χ2v) is 5.77. The van der Waals surface area contributed by atoms with Crippen molar-refractivity contribution in [1.82, 2.24) is 4.57 Å². The van der Waals surface area contributed by atoms with Gasteiger partial charge < -0.3 is 0 Å². The second kappa shape index (κ2) is 4.67. The molecular formula is C16H15NOS. The first-order valence-corrected chi connectivity index (χ1v) is 7.12. The summed E-state index contributed by atoms with van der Waals surface area (Å²) in [6, 6.07) is 14.2. The summed E-state index contributed by atoms with van der Waals surface area (Å²) < 4.78 is 2.92. The van der Waals surface area contributed by atoms with Crippen molar-refractivity contribution in [2.75, 3.05) is 0 Å². The molecule has 19 heavy (non-hydrogen) atoms. The van der Waals surface area contributed by atoms with Crippen LogP contribution in [0.15, 0.2) is 47.3 Å². The average Bonchev–Trinajstić information content (AvgIpc) is 2.72. The van der Waals surface area contributed by atoms with Crippen molar-refractivity contribution in [3.63, 3.8) is 0 Å². The highest BCUT2D eigenvalue weighted by Gasteiger charge is 2.09. The Morgan fingerprint density at radius 3 is 2.68 bits per heavy atom. The molecule has 3 rings (SSSR count). The smallest absolute Gasteiger partial charge is 0.294 e. The van der Waals surface area contributed by atoms with Crippen molar-refractivity contribution in [3.05, 3.63) is 68.8 Å². The summed E-state index contributed by atoms with van der Waals surface area (Å²) in [5.41, 5.74) is 4.78. The van der Waals surface area contributed by atoms with E-state index < -0.39 is 0 Å².